The number of nitrogens with two attached hydrogens (primary N) is 1. The zero-order valence-electron chi connectivity index (χ0n) is 12.5. The number of carbonyl (C=O) groups is 1. The van der Waals surface area contributed by atoms with Gasteiger partial charge < -0.3 is 15.6 Å². The van der Waals surface area contributed by atoms with Crippen LogP contribution < -0.4 is 11.1 Å². The third-order valence-corrected chi connectivity index (χ3v) is 3.01. The molecule has 0 radical (unpaired) electrons. The molecule has 21 heavy (non-hydrogen) atoms. The highest BCUT2D eigenvalue weighted by molar-refractivity contribution is 5.96. The molecule has 0 aliphatic carbocycles. The number of halogens is 2. The summed E-state index contributed by atoms with van der Waals surface area (Å²) in [7, 11) is 0. The predicted molar refractivity (Wildman–Crippen MR) is 93.6 cm³/mol. The SMILES string of the molecule is CC(C)Cn1ccc2cc(NC(=O)[C@@H](C)N)ccc21.Cl.Cl. The Balaban J connectivity index is 0.00000200. The fourth-order valence-corrected chi connectivity index (χ4v) is 2.09. The van der Waals surface area contributed by atoms with Crippen molar-refractivity contribution in [2.75, 3.05) is 5.32 Å². The first-order valence-electron chi connectivity index (χ1n) is 6.62. The molecule has 1 amide bonds. The normalized spacial score (nSPS) is 11.7. The smallest absolute Gasteiger partial charge is 0.240 e. The summed E-state index contributed by atoms with van der Waals surface area (Å²) < 4.78 is 2.23. The van der Waals surface area contributed by atoms with Crippen molar-refractivity contribution in [2.24, 2.45) is 11.7 Å². The average molecular weight is 332 g/mol. The van der Waals surface area contributed by atoms with E-state index >= 15 is 0 Å². The highest BCUT2D eigenvalue weighted by Gasteiger charge is 2.09. The van der Waals surface area contributed by atoms with Gasteiger partial charge in [0.05, 0.1) is 6.04 Å². The molecule has 1 heterocycles. The molecule has 118 valence electrons. The van der Waals surface area contributed by atoms with E-state index in [9.17, 15) is 4.79 Å². The number of aromatic nitrogens is 1. The molecule has 0 saturated heterocycles. The maximum absolute atomic E-state index is 11.6. The van der Waals surface area contributed by atoms with Crippen LogP contribution in [0.4, 0.5) is 5.69 Å². The van der Waals surface area contributed by atoms with Gasteiger partial charge in [-0.3, -0.25) is 4.79 Å². The fourth-order valence-electron chi connectivity index (χ4n) is 2.09. The lowest BCUT2D eigenvalue weighted by Gasteiger charge is -2.10. The standard InChI is InChI=1S/C15H21N3O.2ClH/c1-10(2)9-18-7-6-12-8-13(4-5-14(12)18)17-15(19)11(3)16;;/h4-8,10-11H,9,16H2,1-3H3,(H,17,19);2*1H/t11-;;/m1../s1. The zero-order chi connectivity index (χ0) is 14.0. The van der Waals surface area contributed by atoms with Crippen molar-refractivity contribution in [3.63, 3.8) is 0 Å². The van der Waals surface area contributed by atoms with Gasteiger partial charge in [-0.25, -0.2) is 0 Å². The van der Waals surface area contributed by atoms with E-state index in [1.807, 2.05) is 18.2 Å². The first kappa shape index (κ1) is 19.8. The number of amides is 1. The quantitative estimate of drug-likeness (QED) is 0.901. The fraction of sp³-hybridized carbons (Fsp3) is 0.400. The molecule has 3 N–H and O–H groups in total. The van der Waals surface area contributed by atoms with Crippen molar-refractivity contribution < 1.29 is 4.79 Å². The topological polar surface area (TPSA) is 60.0 Å². The Morgan fingerprint density at radius 3 is 2.48 bits per heavy atom. The second-order valence-corrected chi connectivity index (χ2v) is 5.41. The number of hydrogen-bond donors (Lipinski definition) is 2. The minimum absolute atomic E-state index is 0. The monoisotopic (exact) mass is 331 g/mol. The van der Waals surface area contributed by atoms with Crippen molar-refractivity contribution in [3.8, 4) is 0 Å². The van der Waals surface area contributed by atoms with Crippen LogP contribution in [0, 0.1) is 5.92 Å². The Morgan fingerprint density at radius 2 is 1.90 bits per heavy atom. The third kappa shape index (κ3) is 4.92. The zero-order valence-corrected chi connectivity index (χ0v) is 14.1. The van der Waals surface area contributed by atoms with Crippen LogP contribution in [0.3, 0.4) is 0 Å². The molecular weight excluding hydrogens is 309 g/mol. The summed E-state index contributed by atoms with van der Waals surface area (Å²) in [6.07, 6.45) is 2.09. The summed E-state index contributed by atoms with van der Waals surface area (Å²) in [5, 5.41) is 3.94. The molecule has 2 rings (SSSR count). The lowest BCUT2D eigenvalue weighted by atomic mass is 10.2. The lowest BCUT2D eigenvalue weighted by molar-refractivity contribution is -0.117. The Kier molecular flexibility index (Phi) is 7.79. The van der Waals surface area contributed by atoms with Gasteiger partial charge in [0, 0.05) is 29.3 Å². The molecule has 4 nitrogen and oxygen atoms in total. The Bertz CT molecular complexity index is 594. The molecule has 2 aromatic rings. The summed E-state index contributed by atoms with van der Waals surface area (Å²) in [4.78, 5) is 11.6. The van der Waals surface area contributed by atoms with E-state index in [0.29, 0.717) is 5.92 Å². The summed E-state index contributed by atoms with van der Waals surface area (Å²) in [5.41, 5.74) is 7.52. The van der Waals surface area contributed by atoms with E-state index in [1.54, 1.807) is 6.92 Å². The second kappa shape index (κ2) is 8.27. The molecule has 0 saturated carbocycles. The number of nitrogens with one attached hydrogen (secondary N) is 1. The number of carbonyl (C=O) groups excluding carboxylic acids is 1. The molecule has 0 aliphatic rings. The van der Waals surface area contributed by atoms with Crippen molar-refractivity contribution in [2.45, 2.75) is 33.4 Å². The van der Waals surface area contributed by atoms with Crippen molar-refractivity contribution in [3.05, 3.63) is 30.5 Å². The number of fused-ring (bicyclic) bond motifs is 1. The average Bonchev–Trinajstić information content (AvgIpc) is 2.71. The summed E-state index contributed by atoms with van der Waals surface area (Å²) >= 11 is 0. The number of hydrogen-bond acceptors (Lipinski definition) is 2. The van der Waals surface area contributed by atoms with Crippen LogP contribution >= 0.6 is 24.8 Å². The van der Waals surface area contributed by atoms with Crippen molar-refractivity contribution in [1.82, 2.24) is 4.57 Å². The summed E-state index contributed by atoms with van der Waals surface area (Å²) in [6.45, 7) is 7.06. The van der Waals surface area contributed by atoms with Crippen LogP contribution in [0.5, 0.6) is 0 Å². The second-order valence-electron chi connectivity index (χ2n) is 5.41. The summed E-state index contributed by atoms with van der Waals surface area (Å²) in [6, 6.07) is 7.50. The van der Waals surface area contributed by atoms with Crippen LogP contribution in [-0.4, -0.2) is 16.5 Å². The third-order valence-electron chi connectivity index (χ3n) is 3.01. The van der Waals surface area contributed by atoms with Gasteiger partial charge in [-0.05, 0) is 37.1 Å². The molecule has 1 aromatic heterocycles. The molecule has 0 spiro atoms. The molecule has 1 atom stereocenters. The largest absolute Gasteiger partial charge is 0.347 e. The molecule has 6 heteroatoms. The number of rotatable bonds is 4. The highest BCUT2D eigenvalue weighted by atomic mass is 35.5. The number of anilines is 1. The summed E-state index contributed by atoms with van der Waals surface area (Å²) in [5.74, 6) is 0.439. The Hall–Kier alpha value is -1.23. The van der Waals surface area contributed by atoms with Gasteiger partial charge in [-0.1, -0.05) is 13.8 Å². The van der Waals surface area contributed by atoms with Gasteiger partial charge >= 0.3 is 0 Å². The first-order valence-corrected chi connectivity index (χ1v) is 6.62. The van der Waals surface area contributed by atoms with Crippen LogP contribution in [0.15, 0.2) is 30.5 Å². The minimum Gasteiger partial charge on any atom is -0.347 e. The van der Waals surface area contributed by atoms with Crippen LogP contribution in [0.25, 0.3) is 10.9 Å². The van der Waals surface area contributed by atoms with E-state index in [2.05, 4.69) is 36.0 Å². The maximum atomic E-state index is 11.6. The van der Waals surface area contributed by atoms with E-state index < -0.39 is 6.04 Å². The Labute approximate surface area is 137 Å². The molecule has 0 fully saturated rings. The van der Waals surface area contributed by atoms with Gasteiger partial charge in [-0.2, -0.15) is 0 Å². The molecule has 1 aromatic carbocycles. The van der Waals surface area contributed by atoms with E-state index in [0.717, 1.165) is 17.6 Å². The van der Waals surface area contributed by atoms with Gasteiger partial charge in [0.2, 0.25) is 5.91 Å². The van der Waals surface area contributed by atoms with E-state index in [1.165, 1.54) is 5.52 Å². The van der Waals surface area contributed by atoms with Gasteiger partial charge in [0.25, 0.3) is 0 Å². The van der Waals surface area contributed by atoms with Gasteiger partial charge in [-0.15, -0.1) is 24.8 Å². The van der Waals surface area contributed by atoms with Gasteiger partial charge in [0.15, 0.2) is 0 Å². The first-order chi connectivity index (χ1) is 8.97. The van der Waals surface area contributed by atoms with Gasteiger partial charge in [0.1, 0.15) is 0 Å². The number of nitrogens with zero attached hydrogens (tertiary/aromatic N) is 1. The van der Waals surface area contributed by atoms with Crippen LogP contribution in [0.1, 0.15) is 20.8 Å². The molecule has 0 bridgehead atoms. The van der Waals surface area contributed by atoms with E-state index in [4.69, 9.17) is 5.73 Å². The Morgan fingerprint density at radius 1 is 1.24 bits per heavy atom. The molecular formula is C15H23Cl2N3O. The van der Waals surface area contributed by atoms with Crippen molar-refractivity contribution >= 4 is 47.3 Å². The predicted octanol–water partition coefficient (Wildman–Crippen LogP) is 3.43. The van der Waals surface area contributed by atoms with Crippen LogP contribution in [0.2, 0.25) is 0 Å². The van der Waals surface area contributed by atoms with Crippen LogP contribution in [-0.2, 0) is 11.3 Å². The van der Waals surface area contributed by atoms with Crippen molar-refractivity contribution in [1.29, 1.82) is 0 Å². The molecule has 0 aliphatic heterocycles. The highest BCUT2D eigenvalue weighted by Crippen LogP contribution is 2.21. The maximum Gasteiger partial charge on any atom is 0.240 e. The minimum atomic E-state index is -0.499. The number of benzene rings is 1. The lowest BCUT2D eigenvalue weighted by Crippen LogP contribution is -2.32. The molecule has 0 unspecified atom stereocenters. The van der Waals surface area contributed by atoms with E-state index in [-0.39, 0.29) is 30.7 Å².